The fourth-order valence-electron chi connectivity index (χ4n) is 1.52. The molecule has 0 bridgehead atoms. The fourth-order valence-corrected chi connectivity index (χ4v) is 2.13. The maximum Gasteiger partial charge on any atom is 0.135 e. The highest BCUT2D eigenvalue weighted by Crippen LogP contribution is 2.37. The Bertz CT molecular complexity index is 579. The Kier molecular flexibility index (Phi) is 3.53. The van der Waals surface area contributed by atoms with Gasteiger partial charge >= 0.3 is 0 Å². The van der Waals surface area contributed by atoms with Gasteiger partial charge in [-0.2, -0.15) is 0 Å². The summed E-state index contributed by atoms with van der Waals surface area (Å²) in [5, 5.41) is 10.8. The van der Waals surface area contributed by atoms with Crippen molar-refractivity contribution >= 4 is 34.8 Å². The molecular weight excluding hydrogens is 279 g/mol. The maximum atomic E-state index is 9.43. The van der Waals surface area contributed by atoms with Gasteiger partial charge in [0.2, 0.25) is 0 Å². The lowest BCUT2D eigenvalue weighted by Gasteiger charge is -2.08. The summed E-state index contributed by atoms with van der Waals surface area (Å²) in [4.78, 5) is 0. The first-order valence-corrected chi connectivity index (χ1v) is 6.07. The molecule has 0 spiro atoms. The highest BCUT2D eigenvalue weighted by atomic mass is 35.5. The molecule has 1 nitrogen and oxygen atoms in total. The first-order chi connectivity index (χ1) is 7.99. The quantitative estimate of drug-likeness (QED) is 0.752. The van der Waals surface area contributed by atoms with E-state index >= 15 is 0 Å². The van der Waals surface area contributed by atoms with Crippen molar-refractivity contribution in [2.45, 2.75) is 6.92 Å². The Labute approximate surface area is 115 Å². The van der Waals surface area contributed by atoms with Crippen LogP contribution in [-0.2, 0) is 0 Å². The number of aryl methyl sites for hydroxylation is 1. The molecule has 4 heteroatoms. The van der Waals surface area contributed by atoms with Crippen molar-refractivity contribution in [3.05, 3.63) is 51.0 Å². The number of phenols is 1. The largest absolute Gasteiger partial charge is 0.506 e. The Morgan fingerprint density at radius 2 is 1.59 bits per heavy atom. The minimum absolute atomic E-state index is 0.0291. The number of rotatable bonds is 1. The molecule has 0 saturated carbocycles. The summed E-state index contributed by atoms with van der Waals surface area (Å²) in [6, 6.07) is 8.70. The molecule has 0 fully saturated rings. The first-order valence-electron chi connectivity index (χ1n) is 4.93. The Morgan fingerprint density at radius 3 is 2.24 bits per heavy atom. The van der Waals surface area contributed by atoms with E-state index in [0.29, 0.717) is 10.0 Å². The van der Waals surface area contributed by atoms with Crippen molar-refractivity contribution in [2.75, 3.05) is 0 Å². The van der Waals surface area contributed by atoms with Crippen molar-refractivity contribution in [1.82, 2.24) is 0 Å². The summed E-state index contributed by atoms with van der Waals surface area (Å²) in [5.74, 6) is -0.0291. The van der Waals surface area contributed by atoms with Crippen LogP contribution in [0.4, 0.5) is 0 Å². The SMILES string of the molecule is Cc1ccc(-c2cc(Cl)c(O)cc2Cl)cc1Cl. The third-order valence-corrected chi connectivity index (χ3v) is 3.54. The fraction of sp³-hybridized carbons (Fsp3) is 0.0769. The molecule has 0 radical (unpaired) electrons. The van der Waals surface area contributed by atoms with Crippen LogP contribution < -0.4 is 0 Å². The van der Waals surface area contributed by atoms with Crippen LogP contribution in [-0.4, -0.2) is 5.11 Å². The van der Waals surface area contributed by atoms with Gasteiger partial charge in [0.1, 0.15) is 5.75 Å². The lowest BCUT2D eigenvalue weighted by molar-refractivity contribution is 0.475. The molecule has 1 N–H and O–H groups in total. The van der Waals surface area contributed by atoms with Crippen LogP contribution in [0.25, 0.3) is 11.1 Å². The van der Waals surface area contributed by atoms with Gasteiger partial charge in [-0.15, -0.1) is 0 Å². The van der Waals surface area contributed by atoms with Crippen LogP contribution in [0.2, 0.25) is 15.1 Å². The van der Waals surface area contributed by atoms with Crippen molar-refractivity contribution in [1.29, 1.82) is 0 Å². The summed E-state index contributed by atoms with van der Waals surface area (Å²) in [7, 11) is 0. The average molecular weight is 288 g/mol. The molecule has 2 aromatic rings. The normalized spacial score (nSPS) is 10.6. The molecule has 0 saturated heterocycles. The molecule has 17 heavy (non-hydrogen) atoms. The van der Waals surface area contributed by atoms with Crippen molar-refractivity contribution in [2.24, 2.45) is 0 Å². The third-order valence-electron chi connectivity index (χ3n) is 2.52. The van der Waals surface area contributed by atoms with E-state index in [4.69, 9.17) is 34.8 Å². The van der Waals surface area contributed by atoms with E-state index in [1.165, 1.54) is 6.07 Å². The summed E-state index contributed by atoms with van der Waals surface area (Å²) in [5.41, 5.74) is 2.61. The monoisotopic (exact) mass is 286 g/mol. The van der Waals surface area contributed by atoms with E-state index in [0.717, 1.165) is 16.7 Å². The highest BCUT2D eigenvalue weighted by Gasteiger charge is 2.09. The van der Waals surface area contributed by atoms with Gasteiger partial charge in [0.25, 0.3) is 0 Å². The molecule has 0 heterocycles. The van der Waals surface area contributed by atoms with Crippen LogP contribution in [0.3, 0.4) is 0 Å². The molecular formula is C13H9Cl3O. The van der Waals surface area contributed by atoms with Gasteiger partial charge in [0.05, 0.1) is 10.0 Å². The minimum Gasteiger partial charge on any atom is -0.506 e. The highest BCUT2D eigenvalue weighted by molar-refractivity contribution is 6.36. The number of hydrogen-bond acceptors (Lipinski definition) is 1. The zero-order valence-electron chi connectivity index (χ0n) is 8.97. The smallest absolute Gasteiger partial charge is 0.135 e. The Hall–Kier alpha value is -0.890. The number of benzene rings is 2. The minimum atomic E-state index is -0.0291. The van der Waals surface area contributed by atoms with Gasteiger partial charge in [-0.05, 0) is 30.2 Å². The van der Waals surface area contributed by atoms with Gasteiger partial charge in [-0.3, -0.25) is 0 Å². The van der Waals surface area contributed by atoms with Crippen LogP contribution >= 0.6 is 34.8 Å². The molecule has 0 aliphatic carbocycles. The van der Waals surface area contributed by atoms with Gasteiger partial charge in [0.15, 0.2) is 0 Å². The molecule has 0 aromatic heterocycles. The van der Waals surface area contributed by atoms with E-state index in [2.05, 4.69) is 0 Å². The zero-order valence-corrected chi connectivity index (χ0v) is 11.2. The van der Waals surface area contributed by atoms with E-state index < -0.39 is 0 Å². The third kappa shape index (κ3) is 2.52. The number of phenolic OH excluding ortho intramolecular Hbond substituents is 1. The number of aromatic hydroxyl groups is 1. The Morgan fingerprint density at radius 1 is 0.882 bits per heavy atom. The predicted octanol–water partition coefficient (Wildman–Crippen LogP) is 5.33. The summed E-state index contributed by atoms with van der Waals surface area (Å²) in [6.45, 7) is 1.93. The van der Waals surface area contributed by atoms with Crippen molar-refractivity contribution in [3.63, 3.8) is 0 Å². The van der Waals surface area contributed by atoms with E-state index in [1.807, 2.05) is 25.1 Å². The van der Waals surface area contributed by atoms with Crippen LogP contribution in [0.5, 0.6) is 5.75 Å². The van der Waals surface area contributed by atoms with Gasteiger partial charge in [-0.1, -0.05) is 46.9 Å². The molecule has 88 valence electrons. The van der Waals surface area contributed by atoms with Gasteiger partial charge in [0, 0.05) is 16.7 Å². The van der Waals surface area contributed by atoms with Crippen molar-refractivity contribution in [3.8, 4) is 16.9 Å². The lowest BCUT2D eigenvalue weighted by atomic mass is 10.0. The Balaban J connectivity index is 2.60. The molecule has 2 rings (SSSR count). The number of halogens is 3. The van der Waals surface area contributed by atoms with Gasteiger partial charge in [-0.25, -0.2) is 0 Å². The topological polar surface area (TPSA) is 20.2 Å². The summed E-state index contributed by atoms with van der Waals surface area (Å²) in [6.07, 6.45) is 0. The zero-order chi connectivity index (χ0) is 12.6. The van der Waals surface area contributed by atoms with Crippen LogP contribution in [0.1, 0.15) is 5.56 Å². The lowest BCUT2D eigenvalue weighted by Crippen LogP contribution is -1.83. The second-order valence-electron chi connectivity index (χ2n) is 3.75. The first kappa shape index (κ1) is 12.6. The summed E-state index contributed by atoms with van der Waals surface area (Å²) < 4.78 is 0. The van der Waals surface area contributed by atoms with E-state index in [-0.39, 0.29) is 10.8 Å². The van der Waals surface area contributed by atoms with E-state index in [9.17, 15) is 5.11 Å². The average Bonchev–Trinajstić information content (AvgIpc) is 2.27. The van der Waals surface area contributed by atoms with Crippen LogP contribution in [0, 0.1) is 6.92 Å². The summed E-state index contributed by atoms with van der Waals surface area (Å²) >= 11 is 18.0. The number of hydrogen-bond donors (Lipinski definition) is 1. The maximum absolute atomic E-state index is 9.43. The molecule has 0 unspecified atom stereocenters. The van der Waals surface area contributed by atoms with Gasteiger partial charge < -0.3 is 5.11 Å². The molecule has 0 amide bonds. The van der Waals surface area contributed by atoms with Crippen LogP contribution in [0.15, 0.2) is 30.3 Å². The molecule has 0 aliphatic heterocycles. The van der Waals surface area contributed by atoms with E-state index in [1.54, 1.807) is 6.07 Å². The standard InChI is InChI=1S/C13H9Cl3O/c1-7-2-3-8(4-10(7)14)9-5-12(16)13(17)6-11(9)15/h2-6,17H,1H3. The molecule has 0 aliphatic rings. The molecule has 0 atom stereocenters. The van der Waals surface area contributed by atoms with Crippen molar-refractivity contribution < 1.29 is 5.11 Å². The second kappa shape index (κ2) is 4.77. The predicted molar refractivity (Wildman–Crippen MR) is 73.3 cm³/mol. The second-order valence-corrected chi connectivity index (χ2v) is 4.97. The molecule has 2 aromatic carbocycles.